The van der Waals surface area contributed by atoms with E-state index in [-0.39, 0.29) is 17.9 Å². The van der Waals surface area contributed by atoms with Crippen LogP contribution >= 0.6 is 0 Å². The van der Waals surface area contributed by atoms with Crippen LogP contribution in [-0.2, 0) is 14.3 Å². The lowest BCUT2D eigenvalue weighted by atomic mass is 9.95. The predicted molar refractivity (Wildman–Crippen MR) is 127 cm³/mol. The van der Waals surface area contributed by atoms with E-state index in [9.17, 15) is 14.7 Å². The third kappa shape index (κ3) is 5.17. The molecule has 1 unspecified atom stereocenters. The Kier molecular flexibility index (Phi) is 8.54. The third-order valence-electron chi connectivity index (χ3n) is 5.51. The average Bonchev–Trinajstić information content (AvgIpc) is 3.09. The van der Waals surface area contributed by atoms with Crippen LogP contribution in [0.1, 0.15) is 37.4 Å². The van der Waals surface area contributed by atoms with E-state index in [2.05, 4.69) is 0 Å². The standard InChI is InChI=1S/C26H31NO7/c1-5-33-19-10-7-9-18(15-19)24(28)22-23(27(13-8-14-31-3)26(30)25(22)29)17-11-12-20(34-6-2)21(16-17)32-4/h7,9-12,15-16,23,28H,5-6,8,13-14H2,1-4H3. The Morgan fingerprint density at radius 1 is 1.00 bits per heavy atom. The van der Waals surface area contributed by atoms with Gasteiger partial charge in [-0.3, -0.25) is 9.59 Å². The summed E-state index contributed by atoms with van der Waals surface area (Å²) in [4.78, 5) is 27.7. The van der Waals surface area contributed by atoms with Gasteiger partial charge in [0.05, 0.1) is 31.9 Å². The Bertz CT molecular complexity index is 1060. The van der Waals surface area contributed by atoms with E-state index in [4.69, 9.17) is 18.9 Å². The van der Waals surface area contributed by atoms with Crippen molar-refractivity contribution in [1.29, 1.82) is 0 Å². The molecule has 34 heavy (non-hydrogen) atoms. The van der Waals surface area contributed by atoms with Crippen molar-refractivity contribution < 1.29 is 33.6 Å². The van der Waals surface area contributed by atoms with Crippen molar-refractivity contribution in [3.05, 3.63) is 59.2 Å². The van der Waals surface area contributed by atoms with Crippen molar-refractivity contribution in [2.75, 3.05) is 40.6 Å². The smallest absolute Gasteiger partial charge is 0.295 e. The summed E-state index contributed by atoms with van der Waals surface area (Å²) in [6.45, 7) is 5.36. The molecular weight excluding hydrogens is 438 g/mol. The molecule has 3 rings (SSSR count). The number of hydrogen-bond acceptors (Lipinski definition) is 7. The van der Waals surface area contributed by atoms with E-state index in [0.29, 0.717) is 54.6 Å². The lowest BCUT2D eigenvalue weighted by Gasteiger charge is -2.26. The maximum absolute atomic E-state index is 13.2. The van der Waals surface area contributed by atoms with Crippen LogP contribution < -0.4 is 14.2 Å². The fourth-order valence-corrected chi connectivity index (χ4v) is 4.02. The van der Waals surface area contributed by atoms with Gasteiger partial charge in [-0.25, -0.2) is 0 Å². The molecule has 1 aliphatic heterocycles. The highest BCUT2D eigenvalue weighted by atomic mass is 16.5. The molecule has 1 heterocycles. The van der Waals surface area contributed by atoms with E-state index < -0.39 is 17.7 Å². The normalized spacial score (nSPS) is 17.2. The summed E-state index contributed by atoms with van der Waals surface area (Å²) >= 11 is 0. The van der Waals surface area contributed by atoms with E-state index >= 15 is 0 Å². The number of nitrogens with zero attached hydrogens (tertiary/aromatic N) is 1. The quantitative estimate of drug-likeness (QED) is 0.230. The van der Waals surface area contributed by atoms with E-state index in [1.54, 1.807) is 49.6 Å². The first-order chi connectivity index (χ1) is 16.5. The number of ether oxygens (including phenoxy) is 4. The number of carbonyl (C=O) groups excluding carboxylic acids is 2. The molecule has 0 spiro atoms. The van der Waals surface area contributed by atoms with Gasteiger partial charge in [0.1, 0.15) is 11.5 Å². The van der Waals surface area contributed by atoms with Crippen molar-refractivity contribution in [2.45, 2.75) is 26.3 Å². The van der Waals surface area contributed by atoms with Crippen molar-refractivity contribution in [3.8, 4) is 17.2 Å². The molecule has 0 radical (unpaired) electrons. The fourth-order valence-electron chi connectivity index (χ4n) is 4.02. The minimum Gasteiger partial charge on any atom is -0.507 e. The van der Waals surface area contributed by atoms with Gasteiger partial charge in [0, 0.05) is 25.8 Å². The topological polar surface area (TPSA) is 94.5 Å². The van der Waals surface area contributed by atoms with E-state index in [1.807, 2.05) is 13.8 Å². The van der Waals surface area contributed by atoms with Crippen LogP contribution in [0.5, 0.6) is 17.2 Å². The van der Waals surface area contributed by atoms with Gasteiger partial charge in [-0.05, 0) is 50.1 Å². The lowest BCUT2D eigenvalue weighted by Crippen LogP contribution is -2.31. The highest BCUT2D eigenvalue weighted by Gasteiger charge is 2.46. The molecule has 1 aliphatic rings. The number of amides is 1. The fraction of sp³-hybridized carbons (Fsp3) is 0.385. The Balaban J connectivity index is 2.15. The molecule has 0 aliphatic carbocycles. The average molecular weight is 470 g/mol. The minimum absolute atomic E-state index is 0.0160. The number of aliphatic hydroxyl groups is 1. The maximum Gasteiger partial charge on any atom is 0.295 e. The number of Topliss-reactive ketones (excluding diaryl/α,β-unsaturated/α-hetero) is 1. The van der Waals surface area contributed by atoms with Crippen LogP contribution in [0.15, 0.2) is 48.0 Å². The van der Waals surface area contributed by atoms with Crippen LogP contribution in [0.25, 0.3) is 5.76 Å². The van der Waals surface area contributed by atoms with Crippen LogP contribution in [0.2, 0.25) is 0 Å². The summed E-state index contributed by atoms with van der Waals surface area (Å²) in [6.07, 6.45) is 0.536. The molecule has 182 valence electrons. The first-order valence-electron chi connectivity index (χ1n) is 11.3. The molecule has 1 N–H and O–H groups in total. The zero-order valence-electron chi connectivity index (χ0n) is 20.0. The van der Waals surface area contributed by atoms with Crippen LogP contribution in [0, 0.1) is 0 Å². The van der Waals surface area contributed by atoms with Crippen molar-refractivity contribution >= 4 is 17.4 Å². The van der Waals surface area contributed by atoms with Gasteiger partial charge in [0.2, 0.25) is 0 Å². The number of benzene rings is 2. The molecule has 2 aromatic carbocycles. The zero-order chi connectivity index (χ0) is 24.7. The summed E-state index contributed by atoms with van der Waals surface area (Å²) in [5.74, 6) is -0.0899. The van der Waals surface area contributed by atoms with Gasteiger partial charge in [-0.15, -0.1) is 0 Å². The Labute approximate surface area is 199 Å². The summed E-state index contributed by atoms with van der Waals surface area (Å²) in [5, 5.41) is 11.2. The maximum atomic E-state index is 13.2. The Morgan fingerprint density at radius 2 is 1.76 bits per heavy atom. The Hall–Kier alpha value is -3.52. The van der Waals surface area contributed by atoms with Crippen LogP contribution in [0.3, 0.4) is 0 Å². The zero-order valence-corrected chi connectivity index (χ0v) is 20.0. The number of rotatable bonds is 11. The van der Waals surface area contributed by atoms with Gasteiger partial charge in [-0.2, -0.15) is 0 Å². The number of ketones is 1. The number of aliphatic hydroxyl groups excluding tert-OH is 1. The number of carbonyl (C=O) groups is 2. The number of likely N-dealkylation sites (tertiary alicyclic amines) is 1. The van der Waals surface area contributed by atoms with Gasteiger partial charge < -0.3 is 29.0 Å². The highest BCUT2D eigenvalue weighted by Crippen LogP contribution is 2.42. The number of hydrogen-bond donors (Lipinski definition) is 1. The molecule has 2 aromatic rings. The lowest BCUT2D eigenvalue weighted by molar-refractivity contribution is -0.140. The molecule has 8 heteroatoms. The third-order valence-corrected chi connectivity index (χ3v) is 5.51. The van der Waals surface area contributed by atoms with Crippen LogP contribution in [0.4, 0.5) is 0 Å². The van der Waals surface area contributed by atoms with Crippen LogP contribution in [-0.4, -0.2) is 62.3 Å². The summed E-state index contributed by atoms with van der Waals surface area (Å²) < 4.78 is 21.7. The first kappa shape index (κ1) is 25.1. The van der Waals surface area contributed by atoms with Crippen molar-refractivity contribution in [3.63, 3.8) is 0 Å². The largest absolute Gasteiger partial charge is 0.507 e. The molecule has 1 amide bonds. The second kappa shape index (κ2) is 11.6. The van der Waals surface area contributed by atoms with Gasteiger partial charge >= 0.3 is 0 Å². The molecule has 0 bridgehead atoms. The highest BCUT2D eigenvalue weighted by molar-refractivity contribution is 6.46. The van der Waals surface area contributed by atoms with Crippen molar-refractivity contribution in [2.24, 2.45) is 0 Å². The van der Waals surface area contributed by atoms with E-state index in [0.717, 1.165) is 0 Å². The molecule has 0 saturated carbocycles. The van der Waals surface area contributed by atoms with Gasteiger partial charge in [-0.1, -0.05) is 18.2 Å². The van der Waals surface area contributed by atoms with Gasteiger partial charge in [0.25, 0.3) is 11.7 Å². The van der Waals surface area contributed by atoms with Gasteiger partial charge in [0.15, 0.2) is 11.5 Å². The molecule has 0 aromatic heterocycles. The molecule has 1 fully saturated rings. The van der Waals surface area contributed by atoms with E-state index in [1.165, 1.54) is 12.0 Å². The SMILES string of the molecule is CCOc1cccc(C(O)=C2C(=O)C(=O)N(CCCOC)C2c2ccc(OCC)c(OC)c2)c1. The summed E-state index contributed by atoms with van der Waals surface area (Å²) in [5.41, 5.74) is 1.03. The molecule has 1 saturated heterocycles. The summed E-state index contributed by atoms with van der Waals surface area (Å²) in [6, 6.07) is 11.3. The first-order valence-corrected chi connectivity index (χ1v) is 11.3. The predicted octanol–water partition coefficient (Wildman–Crippen LogP) is 3.95. The second-order valence-corrected chi connectivity index (χ2v) is 7.64. The van der Waals surface area contributed by atoms with Crippen molar-refractivity contribution in [1.82, 2.24) is 4.90 Å². The summed E-state index contributed by atoms with van der Waals surface area (Å²) in [7, 11) is 3.10. The molecule has 1 atom stereocenters. The molecular formula is C26H31NO7. The Morgan fingerprint density at radius 3 is 2.44 bits per heavy atom. The monoisotopic (exact) mass is 469 g/mol. The molecule has 8 nitrogen and oxygen atoms in total. The minimum atomic E-state index is -0.794. The second-order valence-electron chi connectivity index (χ2n) is 7.64. The number of methoxy groups -OCH3 is 2.